The molecule has 0 radical (unpaired) electrons. The molecule has 3 heteroatoms. The Bertz CT molecular complexity index is 338. The summed E-state index contributed by atoms with van der Waals surface area (Å²) in [5.41, 5.74) is 0.0975. The maximum absolute atomic E-state index is 10.4. The van der Waals surface area contributed by atoms with Gasteiger partial charge in [-0.25, -0.2) is 0 Å². The summed E-state index contributed by atoms with van der Waals surface area (Å²) in [6, 6.07) is 7.77. The van der Waals surface area contributed by atoms with Crippen molar-refractivity contribution in [1.29, 1.82) is 0 Å². The van der Waals surface area contributed by atoms with E-state index in [0.717, 1.165) is 10.0 Å². The lowest BCUT2D eigenvalue weighted by Crippen LogP contribution is -2.44. The molecule has 0 heterocycles. The summed E-state index contributed by atoms with van der Waals surface area (Å²) in [6.07, 6.45) is 0. The minimum absolute atomic E-state index is 0.0132. The van der Waals surface area contributed by atoms with Gasteiger partial charge in [0.15, 0.2) is 0 Å². The van der Waals surface area contributed by atoms with Crippen molar-refractivity contribution >= 4 is 15.9 Å². The van der Waals surface area contributed by atoms with Crippen LogP contribution in [0.5, 0.6) is 0 Å². The van der Waals surface area contributed by atoms with E-state index in [9.17, 15) is 5.11 Å². The first-order chi connectivity index (χ1) is 7.21. The molecule has 1 aromatic carbocycles. The lowest BCUT2D eigenvalue weighted by Gasteiger charge is -2.29. The van der Waals surface area contributed by atoms with Crippen LogP contribution < -0.4 is 5.32 Å². The van der Waals surface area contributed by atoms with E-state index in [1.807, 2.05) is 31.2 Å². The van der Waals surface area contributed by atoms with Gasteiger partial charge in [-0.05, 0) is 45.4 Å². The Morgan fingerprint density at radius 1 is 1.12 bits per heavy atom. The topological polar surface area (TPSA) is 32.3 Å². The molecule has 1 atom stereocenters. The number of β-amino-alcohol motifs (C(OH)–C–C–N with tert-alkyl or cyclic N) is 1. The van der Waals surface area contributed by atoms with Gasteiger partial charge in [0.1, 0.15) is 0 Å². The highest BCUT2D eigenvalue weighted by atomic mass is 79.9. The molecule has 2 nitrogen and oxygen atoms in total. The Balaban J connectivity index is 2.73. The predicted molar refractivity (Wildman–Crippen MR) is 71.5 cm³/mol. The van der Waals surface area contributed by atoms with Crippen molar-refractivity contribution in [2.75, 3.05) is 6.54 Å². The molecular formula is C13H20BrNO. The number of rotatable bonds is 3. The summed E-state index contributed by atoms with van der Waals surface area (Å²) >= 11 is 3.39. The third-order valence-electron chi connectivity index (χ3n) is 2.43. The van der Waals surface area contributed by atoms with Crippen molar-refractivity contribution in [2.45, 2.75) is 38.8 Å². The Morgan fingerprint density at radius 3 is 2.06 bits per heavy atom. The van der Waals surface area contributed by atoms with E-state index in [1.54, 1.807) is 0 Å². The molecule has 0 unspecified atom stereocenters. The van der Waals surface area contributed by atoms with Gasteiger partial charge in [0, 0.05) is 16.6 Å². The second-order valence-corrected chi connectivity index (χ2v) is 6.30. The maximum atomic E-state index is 10.4. The van der Waals surface area contributed by atoms with Crippen LogP contribution in [0.2, 0.25) is 0 Å². The quantitative estimate of drug-likeness (QED) is 0.895. The summed E-state index contributed by atoms with van der Waals surface area (Å²) in [7, 11) is 0. The highest BCUT2D eigenvalue weighted by Gasteiger charge is 2.24. The molecule has 0 amide bonds. The third kappa shape index (κ3) is 4.24. The van der Waals surface area contributed by atoms with Crippen LogP contribution in [0.25, 0.3) is 0 Å². The van der Waals surface area contributed by atoms with Crippen LogP contribution in [0.15, 0.2) is 28.7 Å². The van der Waals surface area contributed by atoms with Crippen LogP contribution in [-0.2, 0) is 5.60 Å². The van der Waals surface area contributed by atoms with E-state index < -0.39 is 5.60 Å². The fourth-order valence-electron chi connectivity index (χ4n) is 1.35. The van der Waals surface area contributed by atoms with Crippen molar-refractivity contribution in [3.63, 3.8) is 0 Å². The number of aliphatic hydroxyl groups is 1. The minimum Gasteiger partial charge on any atom is -0.384 e. The number of nitrogens with one attached hydrogen (secondary N) is 1. The van der Waals surface area contributed by atoms with Gasteiger partial charge in [0.25, 0.3) is 0 Å². The van der Waals surface area contributed by atoms with Gasteiger partial charge >= 0.3 is 0 Å². The molecular weight excluding hydrogens is 266 g/mol. The summed E-state index contributed by atoms with van der Waals surface area (Å²) in [5, 5.41) is 13.7. The molecule has 0 spiro atoms. The van der Waals surface area contributed by atoms with Gasteiger partial charge in [0.2, 0.25) is 0 Å². The van der Waals surface area contributed by atoms with Crippen LogP contribution >= 0.6 is 15.9 Å². The average Bonchev–Trinajstić information content (AvgIpc) is 2.15. The summed E-state index contributed by atoms with van der Waals surface area (Å²) in [6.45, 7) is 8.63. The Labute approximate surface area is 106 Å². The molecule has 0 fully saturated rings. The Hall–Kier alpha value is -0.380. The predicted octanol–water partition coefficient (Wildman–Crippen LogP) is 3.04. The molecule has 1 rings (SSSR count). The van der Waals surface area contributed by atoms with Gasteiger partial charge in [-0.1, -0.05) is 28.1 Å². The number of hydrogen-bond donors (Lipinski definition) is 2. The number of hydrogen-bond acceptors (Lipinski definition) is 2. The van der Waals surface area contributed by atoms with Crippen molar-refractivity contribution < 1.29 is 5.11 Å². The van der Waals surface area contributed by atoms with Gasteiger partial charge in [-0.2, -0.15) is 0 Å². The molecule has 0 aliphatic heterocycles. The molecule has 0 saturated heterocycles. The fraction of sp³-hybridized carbons (Fsp3) is 0.538. The van der Waals surface area contributed by atoms with Crippen LogP contribution in [0.3, 0.4) is 0 Å². The Kier molecular flexibility index (Phi) is 4.16. The molecule has 16 heavy (non-hydrogen) atoms. The lowest BCUT2D eigenvalue weighted by atomic mass is 9.95. The summed E-state index contributed by atoms with van der Waals surface area (Å²) in [4.78, 5) is 0. The molecule has 90 valence electrons. The first-order valence-electron chi connectivity index (χ1n) is 5.44. The van der Waals surface area contributed by atoms with Crippen LogP contribution in [-0.4, -0.2) is 17.2 Å². The highest BCUT2D eigenvalue weighted by molar-refractivity contribution is 9.10. The van der Waals surface area contributed by atoms with Gasteiger partial charge < -0.3 is 10.4 Å². The molecule has 2 N–H and O–H groups in total. The van der Waals surface area contributed by atoms with Gasteiger partial charge in [-0.15, -0.1) is 0 Å². The second-order valence-electron chi connectivity index (χ2n) is 5.38. The zero-order chi connectivity index (χ0) is 12.4. The molecule has 0 bridgehead atoms. The molecule has 1 aromatic rings. The second kappa shape index (κ2) is 4.86. The van der Waals surface area contributed by atoms with Crippen molar-refractivity contribution in [3.8, 4) is 0 Å². The van der Waals surface area contributed by atoms with Gasteiger partial charge in [0.05, 0.1) is 5.60 Å². The van der Waals surface area contributed by atoms with Crippen molar-refractivity contribution in [2.24, 2.45) is 0 Å². The zero-order valence-electron chi connectivity index (χ0n) is 10.3. The molecule has 0 aliphatic rings. The lowest BCUT2D eigenvalue weighted by molar-refractivity contribution is 0.0502. The molecule has 0 saturated carbocycles. The van der Waals surface area contributed by atoms with Crippen LogP contribution in [0, 0.1) is 0 Å². The minimum atomic E-state index is -0.839. The van der Waals surface area contributed by atoms with E-state index in [2.05, 4.69) is 42.0 Å². The first kappa shape index (κ1) is 13.7. The van der Waals surface area contributed by atoms with E-state index >= 15 is 0 Å². The average molecular weight is 286 g/mol. The standard InChI is InChI=1S/C13H20BrNO/c1-12(2,3)15-9-13(4,16)10-5-7-11(14)8-6-10/h5-8,15-16H,9H2,1-4H3/t13-/m1/s1. The van der Waals surface area contributed by atoms with E-state index in [4.69, 9.17) is 0 Å². The fourth-order valence-corrected chi connectivity index (χ4v) is 1.61. The largest absolute Gasteiger partial charge is 0.384 e. The zero-order valence-corrected chi connectivity index (χ0v) is 11.9. The van der Waals surface area contributed by atoms with Gasteiger partial charge in [-0.3, -0.25) is 0 Å². The summed E-state index contributed by atoms with van der Waals surface area (Å²) in [5.74, 6) is 0. The smallest absolute Gasteiger partial charge is 0.0992 e. The first-order valence-corrected chi connectivity index (χ1v) is 6.23. The highest BCUT2D eigenvalue weighted by Crippen LogP contribution is 2.22. The molecule has 0 aliphatic carbocycles. The normalized spacial score (nSPS) is 15.9. The number of benzene rings is 1. The SMILES string of the molecule is CC(C)(C)NC[C@@](C)(O)c1ccc(Br)cc1. The van der Waals surface area contributed by atoms with Crippen LogP contribution in [0.1, 0.15) is 33.3 Å². The summed E-state index contributed by atoms with van der Waals surface area (Å²) < 4.78 is 1.02. The Morgan fingerprint density at radius 2 is 1.62 bits per heavy atom. The van der Waals surface area contributed by atoms with Crippen molar-refractivity contribution in [1.82, 2.24) is 5.32 Å². The van der Waals surface area contributed by atoms with E-state index in [1.165, 1.54) is 0 Å². The maximum Gasteiger partial charge on any atom is 0.0992 e. The molecule has 0 aromatic heterocycles. The van der Waals surface area contributed by atoms with E-state index in [0.29, 0.717) is 6.54 Å². The van der Waals surface area contributed by atoms with E-state index in [-0.39, 0.29) is 5.54 Å². The van der Waals surface area contributed by atoms with Crippen molar-refractivity contribution in [3.05, 3.63) is 34.3 Å². The third-order valence-corrected chi connectivity index (χ3v) is 2.96. The number of halogens is 1. The monoisotopic (exact) mass is 285 g/mol. The van der Waals surface area contributed by atoms with Crippen LogP contribution in [0.4, 0.5) is 0 Å².